The van der Waals surface area contributed by atoms with Crippen molar-refractivity contribution in [3.05, 3.63) is 24.3 Å². The minimum atomic E-state index is -3.51. The van der Waals surface area contributed by atoms with Gasteiger partial charge in [0, 0.05) is 12.1 Å². The molecule has 0 bridgehead atoms. The van der Waals surface area contributed by atoms with E-state index in [1.54, 1.807) is 24.3 Å². The Balaban J connectivity index is 2.09. The van der Waals surface area contributed by atoms with Gasteiger partial charge in [-0.3, -0.25) is 0 Å². The second kappa shape index (κ2) is 6.56. The molecule has 0 radical (unpaired) electrons. The molecule has 0 amide bonds. The van der Waals surface area contributed by atoms with Gasteiger partial charge in [0.05, 0.1) is 11.5 Å². The molecule has 20 heavy (non-hydrogen) atoms. The molecule has 112 valence electrons. The minimum absolute atomic E-state index is 0.0961. The van der Waals surface area contributed by atoms with Crippen LogP contribution in [0.3, 0.4) is 0 Å². The van der Waals surface area contributed by atoms with E-state index < -0.39 is 10.0 Å². The maximum Gasteiger partial charge on any atom is 0.240 e. The van der Waals surface area contributed by atoms with Crippen LogP contribution in [0.2, 0.25) is 0 Å². The normalized spacial score (nSPS) is 23.5. The van der Waals surface area contributed by atoms with Crippen LogP contribution in [0.4, 0.5) is 0 Å². The van der Waals surface area contributed by atoms with Crippen LogP contribution in [-0.4, -0.2) is 27.1 Å². The molecule has 0 unspecified atom stereocenters. The van der Waals surface area contributed by atoms with Gasteiger partial charge in [0.1, 0.15) is 5.75 Å². The van der Waals surface area contributed by atoms with Gasteiger partial charge >= 0.3 is 0 Å². The van der Waals surface area contributed by atoms with Crippen molar-refractivity contribution < 1.29 is 13.2 Å². The van der Waals surface area contributed by atoms with Gasteiger partial charge in [0.2, 0.25) is 10.0 Å². The number of hydrogen-bond donors (Lipinski definition) is 2. The number of ether oxygens (including phenoxy) is 1. The molecule has 5 nitrogen and oxygen atoms in total. The number of benzene rings is 1. The molecule has 0 aliphatic heterocycles. The first-order chi connectivity index (χ1) is 9.53. The highest BCUT2D eigenvalue weighted by Crippen LogP contribution is 2.20. The number of nitrogens with one attached hydrogen (secondary N) is 1. The predicted molar refractivity (Wildman–Crippen MR) is 78.2 cm³/mol. The van der Waals surface area contributed by atoms with Crippen LogP contribution < -0.4 is 15.2 Å². The lowest BCUT2D eigenvalue weighted by atomic mass is 9.92. The molecule has 0 heterocycles. The molecule has 0 aromatic heterocycles. The van der Waals surface area contributed by atoms with Crippen molar-refractivity contribution in [3.63, 3.8) is 0 Å². The third-order valence-corrected chi connectivity index (χ3v) is 5.08. The van der Waals surface area contributed by atoms with Crippen molar-refractivity contribution in [3.8, 4) is 5.75 Å². The lowest BCUT2D eigenvalue weighted by Crippen LogP contribution is -2.49. The van der Waals surface area contributed by atoms with E-state index in [2.05, 4.69) is 4.72 Å². The third-order valence-electron chi connectivity index (χ3n) is 3.57. The van der Waals surface area contributed by atoms with Crippen molar-refractivity contribution in [1.29, 1.82) is 0 Å². The van der Waals surface area contributed by atoms with E-state index in [9.17, 15) is 8.42 Å². The number of sulfonamides is 1. The van der Waals surface area contributed by atoms with Crippen molar-refractivity contribution in [2.75, 3.05) is 6.61 Å². The fourth-order valence-corrected chi connectivity index (χ4v) is 3.78. The van der Waals surface area contributed by atoms with Crippen LogP contribution in [0.25, 0.3) is 0 Å². The Bertz CT molecular complexity index is 528. The van der Waals surface area contributed by atoms with Gasteiger partial charge in [0.25, 0.3) is 0 Å². The summed E-state index contributed by atoms with van der Waals surface area (Å²) < 4.78 is 32.6. The van der Waals surface area contributed by atoms with E-state index in [0.717, 1.165) is 25.7 Å². The monoisotopic (exact) mass is 298 g/mol. The van der Waals surface area contributed by atoms with Gasteiger partial charge < -0.3 is 10.5 Å². The largest absolute Gasteiger partial charge is 0.494 e. The van der Waals surface area contributed by atoms with Gasteiger partial charge in [0.15, 0.2) is 0 Å². The van der Waals surface area contributed by atoms with Crippen molar-refractivity contribution >= 4 is 10.0 Å². The highest BCUT2D eigenvalue weighted by molar-refractivity contribution is 7.89. The van der Waals surface area contributed by atoms with Crippen LogP contribution in [0, 0.1) is 0 Å². The first kappa shape index (κ1) is 15.3. The first-order valence-electron chi connectivity index (χ1n) is 7.03. The number of nitrogens with two attached hydrogens (primary N) is 1. The zero-order valence-electron chi connectivity index (χ0n) is 11.7. The lowest BCUT2D eigenvalue weighted by molar-refractivity contribution is 0.340. The van der Waals surface area contributed by atoms with Gasteiger partial charge in [-0.25, -0.2) is 13.1 Å². The molecule has 1 aromatic carbocycles. The molecule has 1 aliphatic carbocycles. The summed E-state index contributed by atoms with van der Waals surface area (Å²) in [7, 11) is -3.51. The van der Waals surface area contributed by atoms with Gasteiger partial charge in [-0.2, -0.15) is 0 Å². The SMILES string of the molecule is CCOc1ccc(S(=O)(=O)N[C@@H]2CCCC[C@H]2N)cc1. The molecule has 1 fully saturated rings. The van der Waals surface area contributed by atoms with Gasteiger partial charge in [-0.15, -0.1) is 0 Å². The molecule has 0 spiro atoms. The molecule has 1 aromatic rings. The second-order valence-electron chi connectivity index (χ2n) is 5.08. The van der Waals surface area contributed by atoms with Crippen LogP contribution in [0.5, 0.6) is 5.75 Å². The van der Waals surface area contributed by atoms with Crippen LogP contribution in [-0.2, 0) is 10.0 Å². The second-order valence-corrected chi connectivity index (χ2v) is 6.79. The Morgan fingerprint density at radius 2 is 1.90 bits per heavy atom. The Labute approximate surface area is 120 Å². The smallest absolute Gasteiger partial charge is 0.240 e. The highest BCUT2D eigenvalue weighted by atomic mass is 32.2. The summed E-state index contributed by atoms with van der Waals surface area (Å²) in [6.45, 7) is 2.44. The average Bonchev–Trinajstić information content (AvgIpc) is 2.42. The van der Waals surface area contributed by atoms with E-state index in [-0.39, 0.29) is 17.0 Å². The molecular weight excluding hydrogens is 276 g/mol. The molecular formula is C14H22N2O3S. The summed E-state index contributed by atoms with van der Waals surface area (Å²) in [4.78, 5) is 0.249. The Morgan fingerprint density at radius 3 is 2.50 bits per heavy atom. The van der Waals surface area contributed by atoms with Crippen molar-refractivity contribution in [2.24, 2.45) is 5.73 Å². The van der Waals surface area contributed by atoms with Gasteiger partial charge in [-0.1, -0.05) is 12.8 Å². The molecule has 0 saturated heterocycles. The maximum atomic E-state index is 12.3. The number of rotatable bonds is 5. The average molecular weight is 298 g/mol. The topological polar surface area (TPSA) is 81.4 Å². The van der Waals surface area contributed by atoms with E-state index in [1.807, 2.05) is 6.92 Å². The number of hydrogen-bond acceptors (Lipinski definition) is 4. The first-order valence-corrected chi connectivity index (χ1v) is 8.52. The Kier molecular flexibility index (Phi) is 5.01. The van der Waals surface area contributed by atoms with Crippen molar-refractivity contribution in [1.82, 2.24) is 4.72 Å². The van der Waals surface area contributed by atoms with Crippen LogP contribution in [0.1, 0.15) is 32.6 Å². The Morgan fingerprint density at radius 1 is 1.25 bits per heavy atom. The Hall–Kier alpha value is -1.11. The van der Waals surface area contributed by atoms with Crippen molar-refractivity contribution in [2.45, 2.75) is 49.6 Å². The maximum absolute atomic E-state index is 12.3. The quantitative estimate of drug-likeness (QED) is 0.865. The standard InChI is InChI=1S/C14H22N2O3S/c1-2-19-11-7-9-12(10-8-11)20(17,18)16-14-6-4-3-5-13(14)15/h7-10,13-14,16H,2-6,15H2,1H3/t13-,14-/m1/s1. The van der Waals surface area contributed by atoms with E-state index in [4.69, 9.17) is 10.5 Å². The molecule has 2 rings (SSSR count). The summed E-state index contributed by atoms with van der Waals surface area (Å²) in [5, 5.41) is 0. The van der Waals surface area contributed by atoms with Crippen LogP contribution in [0.15, 0.2) is 29.2 Å². The van der Waals surface area contributed by atoms with Crippen LogP contribution >= 0.6 is 0 Å². The summed E-state index contributed by atoms with van der Waals surface area (Å²) in [5.41, 5.74) is 5.98. The van der Waals surface area contributed by atoms with E-state index >= 15 is 0 Å². The summed E-state index contributed by atoms with van der Waals surface area (Å²) >= 11 is 0. The summed E-state index contributed by atoms with van der Waals surface area (Å²) in [6, 6.07) is 6.18. The fourth-order valence-electron chi connectivity index (χ4n) is 2.45. The molecule has 6 heteroatoms. The summed E-state index contributed by atoms with van der Waals surface area (Å²) in [6.07, 6.45) is 3.76. The zero-order valence-corrected chi connectivity index (χ0v) is 12.5. The molecule has 1 aliphatic rings. The van der Waals surface area contributed by atoms with E-state index in [1.165, 1.54) is 0 Å². The zero-order chi connectivity index (χ0) is 14.6. The van der Waals surface area contributed by atoms with Gasteiger partial charge in [-0.05, 0) is 44.0 Å². The lowest BCUT2D eigenvalue weighted by Gasteiger charge is -2.29. The minimum Gasteiger partial charge on any atom is -0.494 e. The fraction of sp³-hybridized carbons (Fsp3) is 0.571. The third kappa shape index (κ3) is 3.71. The molecule has 3 N–H and O–H groups in total. The molecule has 1 saturated carbocycles. The highest BCUT2D eigenvalue weighted by Gasteiger charge is 2.27. The summed E-state index contributed by atoms with van der Waals surface area (Å²) in [5.74, 6) is 0.667. The van der Waals surface area contributed by atoms with E-state index in [0.29, 0.717) is 12.4 Å². The predicted octanol–water partition coefficient (Wildman–Crippen LogP) is 1.63. The molecule has 2 atom stereocenters.